The number of carbonyl (C=O) groups excluding carboxylic acids is 1. The van der Waals surface area contributed by atoms with Crippen LogP contribution in [0.15, 0.2) is 29.6 Å². The molecule has 1 aromatic heterocycles. The van der Waals surface area contributed by atoms with Gasteiger partial charge in [-0.3, -0.25) is 4.79 Å². The minimum atomic E-state index is -0.0874. The molecule has 0 aliphatic rings. The van der Waals surface area contributed by atoms with Crippen LogP contribution in [0.4, 0.5) is 0 Å². The second kappa shape index (κ2) is 5.31. The highest BCUT2D eigenvalue weighted by Gasteiger charge is 2.17. The molecule has 0 atom stereocenters. The van der Waals surface area contributed by atoms with Crippen LogP contribution in [0.25, 0.3) is 0 Å². The molecule has 1 aromatic carbocycles. The fraction of sp³-hybridized carbons (Fsp3) is 0.286. The standard InChI is InChI=1S/C14H15NO2S/c1-9(2)17-13-7-5-4-6-11(13)14(16)12-8-18-10(3)15-12/h4-9H,1-3H3. The van der Waals surface area contributed by atoms with E-state index >= 15 is 0 Å². The highest BCUT2D eigenvalue weighted by atomic mass is 32.1. The molecule has 0 bridgehead atoms. The fourth-order valence-corrected chi connectivity index (χ4v) is 2.21. The predicted octanol–water partition coefficient (Wildman–Crippen LogP) is 3.47. The summed E-state index contributed by atoms with van der Waals surface area (Å²) in [7, 11) is 0. The summed E-state index contributed by atoms with van der Waals surface area (Å²) in [6, 6.07) is 7.28. The largest absolute Gasteiger partial charge is 0.490 e. The second-order valence-corrected chi connectivity index (χ2v) is 5.31. The summed E-state index contributed by atoms with van der Waals surface area (Å²) >= 11 is 1.47. The van der Waals surface area contributed by atoms with Gasteiger partial charge >= 0.3 is 0 Å². The zero-order valence-corrected chi connectivity index (χ0v) is 11.5. The van der Waals surface area contributed by atoms with Gasteiger partial charge in [-0.15, -0.1) is 11.3 Å². The molecule has 0 aliphatic heterocycles. The summed E-state index contributed by atoms with van der Waals surface area (Å²) in [4.78, 5) is 16.5. The van der Waals surface area contributed by atoms with Crippen molar-refractivity contribution >= 4 is 17.1 Å². The van der Waals surface area contributed by atoms with Gasteiger partial charge in [0.05, 0.1) is 16.7 Å². The van der Waals surface area contributed by atoms with Gasteiger partial charge in [-0.05, 0) is 32.9 Å². The van der Waals surface area contributed by atoms with E-state index in [1.54, 1.807) is 11.4 Å². The molecule has 0 spiro atoms. The Morgan fingerprint density at radius 3 is 2.67 bits per heavy atom. The van der Waals surface area contributed by atoms with E-state index in [0.717, 1.165) is 5.01 Å². The van der Waals surface area contributed by atoms with Gasteiger partial charge in [0.15, 0.2) is 0 Å². The van der Waals surface area contributed by atoms with Crippen molar-refractivity contribution in [1.29, 1.82) is 0 Å². The molecule has 4 heteroatoms. The van der Waals surface area contributed by atoms with E-state index in [4.69, 9.17) is 4.74 Å². The van der Waals surface area contributed by atoms with Gasteiger partial charge in [-0.25, -0.2) is 4.98 Å². The highest BCUT2D eigenvalue weighted by molar-refractivity contribution is 7.09. The Labute approximate surface area is 110 Å². The summed E-state index contributed by atoms with van der Waals surface area (Å²) in [5, 5.41) is 2.67. The van der Waals surface area contributed by atoms with Gasteiger partial charge in [-0.1, -0.05) is 12.1 Å². The quantitative estimate of drug-likeness (QED) is 0.791. The molecule has 2 aromatic rings. The van der Waals surface area contributed by atoms with Crippen LogP contribution in [0.1, 0.15) is 34.9 Å². The fourth-order valence-electron chi connectivity index (χ4n) is 1.62. The third-order valence-corrected chi connectivity index (χ3v) is 3.12. The molecule has 0 amide bonds. The number of aryl methyl sites for hydroxylation is 1. The van der Waals surface area contributed by atoms with Gasteiger partial charge in [0, 0.05) is 5.38 Å². The SMILES string of the molecule is Cc1nc(C(=O)c2ccccc2OC(C)C)cs1. The molecular weight excluding hydrogens is 246 g/mol. The Balaban J connectivity index is 2.35. The lowest BCUT2D eigenvalue weighted by Crippen LogP contribution is -2.10. The van der Waals surface area contributed by atoms with E-state index in [2.05, 4.69) is 4.98 Å². The predicted molar refractivity (Wildman–Crippen MR) is 72.5 cm³/mol. The van der Waals surface area contributed by atoms with Crippen molar-refractivity contribution in [3.8, 4) is 5.75 Å². The number of nitrogens with zero attached hydrogens (tertiary/aromatic N) is 1. The lowest BCUT2D eigenvalue weighted by Gasteiger charge is -2.12. The molecule has 18 heavy (non-hydrogen) atoms. The molecule has 0 aliphatic carbocycles. The monoisotopic (exact) mass is 261 g/mol. The molecule has 0 N–H and O–H groups in total. The van der Waals surface area contributed by atoms with E-state index < -0.39 is 0 Å². The first kappa shape index (κ1) is 12.8. The van der Waals surface area contributed by atoms with Crippen molar-refractivity contribution in [2.75, 3.05) is 0 Å². The summed E-state index contributed by atoms with van der Waals surface area (Å²) in [5.74, 6) is 0.527. The van der Waals surface area contributed by atoms with Crippen LogP contribution in [-0.4, -0.2) is 16.9 Å². The molecule has 0 saturated carbocycles. The Morgan fingerprint density at radius 1 is 1.33 bits per heavy atom. The van der Waals surface area contributed by atoms with Crippen molar-refractivity contribution in [3.05, 3.63) is 45.9 Å². The van der Waals surface area contributed by atoms with Crippen LogP contribution >= 0.6 is 11.3 Å². The van der Waals surface area contributed by atoms with Gasteiger partial charge in [-0.2, -0.15) is 0 Å². The maximum atomic E-state index is 12.3. The van der Waals surface area contributed by atoms with Crippen molar-refractivity contribution in [2.45, 2.75) is 26.9 Å². The lowest BCUT2D eigenvalue weighted by molar-refractivity contribution is 0.102. The highest BCUT2D eigenvalue weighted by Crippen LogP contribution is 2.23. The first-order valence-corrected chi connectivity index (χ1v) is 6.68. The van der Waals surface area contributed by atoms with Crippen LogP contribution in [0, 0.1) is 6.92 Å². The van der Waals surface area contributed by atoms with Crippen LogP contribution in [0.5, 0.6) is 5.75 Å². The third kappa shape index (κ3) is 2.76. The average molecular weight is 261 g/mol. The van der Waals surface area contributed by atoms with Crippen molar-refractivity contribution in [1.82, 2.24) is 4.98 Å². The van der Waals surface area contributed by atoms with E-state index in [1.165, 1.54) is 11.3 Å². The average Bonchev–Trinajstić information content (AvgIpc) is 2.75. The number of hydrogen-bond acceptors (Lipinski definition) is 4. The van der Waals surface area contributed by atoms with E-state index in [1.807, 2.05) is 39.0 Å². The van der Waals surface area contributed by atoms with Crippen LogP contribution in [-0.2, 0) is 0 Å². The van der Waals surface area contributed by atoms with Crippen molar-refractivity contribution in [2.24, 2.45) is 0 Å². The zero-order chi connectivity index (χ0) is 13.1. The van der Waals surface area contributed by atoms with Gasteiger partial charge in [0.1, 0.15) is 11.4 Å². The molecule has 0 fully saturated rings. The third-order valence-electron chi connectivity index (χ3n) is 2.35. The number of benzene rings is 1. The Bertz CT molecular complexity index is 560. The van der Waals surface area contributed by atoms with E-state index in [9.17, 15) is 4.79 Å². The van der Waals surface area contributed by atoms with Crippen molar-refractivity contribution in [3.63, 3.8) is 0 Å². The number of ketones is 1. The molecule has 3 nitrogen and oxygen atoms in total. The summed E-state index contributed by atoms with van der Waals surface area (Å²) in [6.07, 6.45) is 0.0381. The zero-order valence-electron chi connectivity index (χ0n) is 10.6. The maximum absolute atomic E-state index is 12.3. The number of aromatic nitrogens is 1. The van der Waals surface area contributed by atoms with Gasteiger partial charge in [0.2, 0.25) is 5.78 Å². The van der Waals surface area contributed by atoms with Crippen LogP contribution < -0.4 is 4.74 Å². The smallest absolute Gasteiger partial charge is 0.215 e. The number of thiazole rings is 1. The van der Waals surface area contributed by atoms with Crippen molar-refractivity contribution < 1.29 is 9.53 Å². The van der Waals surface area contributed by atoms with Gasteiger partial charge < -0.3 is 4.74 Å². The molecule has 0 saturated heterocycles. The topological polar surface area (TPSA) is 39.2 Å². The summed E-state index contributed by atoms with van der Waals surface area (Å²) in [6.45, 7) is 5.76. The molecule has 0 radical (unpaired) electrons. The first-order chi connectivity index (χ1) is 8.58. The maximum Gasteiger partial charge on any atom is 0.215 e. The number of hydrogen-bond donors (Lipinski definition) is 0. The van der Waals surface area contributed by atoms with Crippen LogP contribution in [0.3, 0.4) is 0 Å². The summed E-state index contributed by atoms with van der Waals surface area (Å²) < 4.78 is 5.65. The molecule has 0 unspecified atom stereocenters. The Hall–Kier alpha value is -1.68. The minimum Gasteiger partial charge on any atom is -0.490 e. The number of rotatable bonds is 4. The van der Waals surface area contributed by atoms with Gasteiger partial charge in [0.25, 0.3) is 0 Å². The molecule has 94 valence electrons. The molecule has 2 rings (SSSR count). The van der Waals surface area contributed by atoms with E-state index in [0.29, 0.717) is 17.0 Å². The molecule has 1 heterocycles. The first-order valence-electron chi connectivity index (χ1n) is 5.80. The minimum absolute atomic E-state index is 0.0381. The number of carbonyl (C=O) groups is 1. The normalized spacial score (nSPS) is 10.7. The molecular formula is C14H15NO2S. The second-order valence-electron chi connectivity index (χ2n) is 4.24. The lowest BCUT2D eigenvalue weighted by atomic mass is 10.1. The number of para-hydroxylation sites is 1. The van der Waals surface area contributed by atoms with Crippen LogP contribution in [0.2, 0.25) is 0 Å². The Kier molecular flexibility index (Phi) is 3.77. The van der Waals surface area contributed by atoms with E-state index in [-0.39, 0.29) is 11.9 Å². The summed E-state index contributed by atoms with van der Waals surface area (Å²) in [5.41, 5.74) is 1.05. The number of ether oxygens (including phenoxy) is 1. The Morgan fingerprint density at radius 2 is 2.06 bits per heavy atom.